The second-order valence-corrected chi connectivity index (χ2v) is 32.6. The number of esters is 2. The molecule has 0 spiro atoms. The summed E-state index contributed by atoms with van der Waals surface area (Å²) in [5.41, 5.74) is -7.53. The number of carbonyl (C=O) groups is 8. The number of phenols is 1. The van der Waals surface area contributed by atoms with E-state index in [0.29, 0.717) is 6.42 Å². The lowest BCUT2D eigenvalue weighted by Gasteiger charge is -2.50. The molecule has 616 valence electrons. The number of aliphatic hydroxyl groups excluding tert-OH is 4. The van der Waals surface area contributed by atoms with Crippen LogP contribution in [0.1, 0.15) is 186 Å². The van der Waals surface area contributed by atoms with Crippen LogP contribution in [0.2, 0.25) is 0 Å². The topological polar surface area (TPSA) is 399 Å². The minimum atomic E-state index is -2.25. The maximum absolute atomic E-state index is 15.7. The van der Waals surface area contributed by atoms with Crippen LogP contribution in [-0.2, 0) is 71.3 Å². The number of phenolic OH excluding ortho intramolecular Hbond substituents is 1. The fourth-order valence-electron chi connectivity index (χ4n) is 17.2. The first-order valence-electron chi connectivity index (χ1n) is 38.3. The third-order valence-electron chi connectivity index (χ3n) is 24.2. The van der Waals surface area contributed by atoms with Gasteiger partial charge in [0.15, 0.2) is 18.7 Å². The second-order valence-electron chi connectivity index (χ2n) is 32.6. The number of benzene rings is 1. The van der Waals surface area contributed by atoms with Gasteiger partial charge in [0.2, 0.25) is 11.6 Å². The number of ketones is 4. The minimum Gasteiger partial charge on any atom is -0.507 e. The highest BCUT2D eigenvalue weighted by Gasteiger charge is 2.58. The average molecular weight is 1550 g/mol. The number of methoxy groups -OCH3 is 3. The van der Waals surface area contributed by atoms with E-state index in [9.17, 15) is 54.6 Å². The standard InChI is InChI=1S/C80H120N4O26/c1-24-52-79(17,98)69(93)44(10)60(87)38(4)33-77(15,100-22)71(108-75-63(90)50(83(19)20)32-39(5)103-75)45(11)67(46(12)74(96)106-52)107-53-34-78(16,101-23)72(47(13)104-53)109-76(97)81-49-28-30-84(35-49)58-57-64(91)55-54(65(58)92)56-68(43(9)62(55)89)110-80(18,70(56)94)102-31-29-51(99-21)40(6)66(105-48(14)85)42(8)61(88)41(7)59(86)36(2)26-25-27-37(3)73(95)82-57/h25-27,29,31,36,38-42,44-47,49-53,59,61,63,66-67,69,71-72,75,86,88-90,93,98H,24,28,30,32-35H2,1-23H3,(H,81,97)(H,82,95)/t36-,38+,39+,40+,41+,42+,44-,45-,46+,47-,49+,50-,51-,52+,53-,59-,61+,63+,66+,67-,69+,71+,72-,75-,77+,78+,79+,80-/m0/s1. The number of nitrogens with zero attached hydrogens (tertiary/aromatic N) is 2. The summed E-state index contributed by atoms with van der Waals surface area (Å²) in [6.45, 7) is 28.2. The third kappa shape index (κ3) is 17.9. The summed E-state index contributed by atoms with van der Waals surface area (Å²) in [7, 11) is 7.92. The quantitative estimate of drug-likeness (QED) is 0.0802. The van der Waals surface area contributed by atoms with E-state index < -0.39 is 237 Å². The molecule has 1 aromatic rings. The average Bonchev–Trinajstić information content (AvgIpc) is 1.49. The zero-order valence-electron chi connectivity index (χ0n) is 67.9. The normalized spacial score (nSPS) is 40.2. The maximum Gasteiger partial charge on any atom is 0.407 e. The number of aliphatic hydroxyl groups is 5. The molecule has 2 amide bonds. The van der Waals surface area contributed by atoms with Crippen LogP contribution in [0.3, 0.4) is 0 Å². The molecule has 0 aromatic heterocycles. The van der Waals surface area contributed by atoms with Crippen molar-refractivity contribution < 1.29 is 126 Å². The van der Waals surface area contributed by atoms with E-state index in [-0.39, 0.29) is 67.5 Å². The fraction of sp³-hybridized carbons (Fsp3) is 0.725. The zero-order chi connectivity index (χ0) is 82.2. The lowest BCUT2D eigenvalue weighted by Crippen LogP contribution is -2.62. The molecule has 0 unspecified atom stereocenters. The molecule has 1 aromatic carbocycles. The number of hydrogen-bond acceptors (Lipinski definition) is 28. The van der Waals surface area contributed by atoms with Crippen molar-refractivity contribution in [2.45, 2.75) is 277 Å². The Hall–Kier alpha value is -6.78. The van der Waals surface area contributed by atoms with E-state index >= 15 is 14.4 Å². The van der Waals surface area contributed by atoms with Gasteiger partial charge in [-0.1, -0.05) is 73.6 Å². The van der Waals surface area contributed by atoms with E-state index in [2.05, 4.69) is 10.6 Å². The highest BCUT2D eigenvalue weighted by Crippen LogP contribution is 2.50. The molecule has 0 saturated carbocycles. The predicted octanol–water partition coefficient (Wildman–Crippen LogP) is 6.22. The SMILES string of the molecule is CC[C@H]1OC(=O)[C@H](C)[C@@H](O[C@H]2C[C@@](C)(OC)[C@@H](OC(=O)N[C@@H]3CCN(C4=C5NC(=O)C(C)=CC=C[C@H](C)[C@H](O)[C@@H](C)[C@@H](O)[C@@H](C)[C@H](OC(C)=O)[C@H](C)[C@@H](OC)C=CO[C@@]6(C)Oc7c(C)c(O)c(c(c7C6=O)C4=O)C5=O)C3)[C@H](C)O2)[C@H](C)[C@@H](O[C@@H]2O[C@H](C)C[C@H](N(C)C)[C@H]2O)[C@](C)(OC)C[C@@H](C)C(=O)[C@H](C)[C@@H](O)[C@]1(C)O. The highest BCUT2D eigenvalue weighted by atomic mass is 16.7. The van der Waals surface area contributed by atoms with Gasteiger partial charge in [-0.15, -0.1) is 0 Å². The molecule has 30 nitrogen and oxygen atoms in total. The Morgan fingerprint density at radius 1 is 0.755 bits per heavy atom. The number of aromatic hydroxyl groups is 1. The Morgan fingerprint density at radius 2 is 1.40 bits per heavy atom. The molecule has 8 N–H and O–H groups in total. The fourth-order valence-corrected chi connectivity index (χ4v) is 17.2. The summed E-state index contributed by atoms with van der Waals surface area (Å²) in [4.78, 5) is 120. The van der Waals surface area contributed by atoms with E-state index in [4.69, 9.17) is 56.8 Å². The van der Waals surface area contributed by atoms with Gasteiger partial charge in [-0.25, -0.2) is 4.79 Å². The summed E-state index contributed by atoms with van der Waals surface area (Å²) in [5, 5.41) is 76.7. The van der Waals surface area contributed by atoms with Crippen molar-refractivity contribution in [3.8, 4) is 11.5 Å². The maximum atomic E-state index is 15.7. The molecule has 110 heavy (non-hydrogen) atoms. The number of allylic oxidation sites excluding steroid dienone is 4. The van der Waals surface area contributed by atoms with Gasteiger partial charge < -0.3 is 108 Å². The molecular weight excluding hydrogens is 1430 g/mol. The Balaban J connectivity index is 1.10. The molecule has 4 saturated heterocycles. The van der Waals surface area contributed by atoms with Crippen molar-refractivity contribution >= 4 is 47.1 Å². The number of fused-ring (bicyclic) bond motifs is 14. The van der Waals surface area contributed by atoms with Crippen molar-refractivity contribution in [1.29, 1.82) is 0 Å². The molecule has 4 fully saturated rings. The number of ether oxygens (including phenoxy) is 12. The zero-order valence-corrected chi connectivity index (χ0v) is 67.9. The summed E-state index contributed by atoms with van der Waals surface area (Å²) in [5.74, 6) is -15.9. The van der Waals surface area contributed by atoms with Gasteiger partial charge in [0.1, 0.15) is 58.2 Å². The molecule has 7 aliphatic heterocycles. The molecule has 30 heteroatoms. The van der Waals surface area contributed by atoms with Crippen LogP contribution in [0, 0.1) is 54.3 Å². The number of Topliss-reactive ketones (excluding diaryl/α,β-unsaturated/α-hetero) is 4. The number of nitrogens with one attached hydrogen (secondary N) is 2. The molecule has 28 atom stereocenters. The van der Waals surface area contributed by atoms with E-state index in [1.807, 2.05) is 25.9 Å². The summed E-state index contributed by atoms with van der Waals surface area (Å²) in [6.07, 6.45) is -9.40. The number of likely N-dealkylation sites (N-methyl/N-ethyl adjacent to an activating group) is 1. The Labute approximate surface area is 645 Å². The summed E-state index contributed by atoms with van der Waals surface area (Å²) in [6, 6.07) is -1.25. The predicted molar refractivity (Wildman–Crippen MR) is 397 cm³/mol. The number of likely N-dealkylation sites (tertiary alicyclic amines) is 1. The van der Waals surface area contributed by atoms with E-state index in [1.54, 1.807) is 82.2 Å². The van der Waals surface area contributed by atoms with E-state index in [0.717, 1.165) is 6.26 Å². The molecule has 1 aliphatic carbocycles. The summed E-state index contributed by atoms with van der Waals surface area (Å²) < 4.78 is 75.9. The van der Waals surface area contributed by atoms with Gasteiger partial charge in [-0.05, 0) is 101 Å². The van der Waals surface area contributed by atoms with Crippen molar-refractivity contribution in [2.75, 3.05) is 48.5 Å². The monoisotopic (exact) mass is 1550 g/mol. The van der Waals surface area contributed by atoms with Crippen molar-refractivity contribution in [2.24, 2.45) is 47.3 Å². The number of hydrogen-bond donors (Lipinski definition) is 8. The van der Waals surface area contributed by atoms with Crippen molar-refractivity contribution in [1.82, 2.24) is 20.4 Å². The third-order valence-corrected chi connectivity index (χ3v) is 24.2. The molecule has 9 rings (SSSR count). The smallest absolute Gasteiger partial charge is 0.407 e. The van der Waals surface area contributed by atoms with Crippen LogP contribution in [-0.4, -0.2) is 257 Å². The van der Waals surface area contributed by atoms with Gasteiger partial charge >= 0.3 is 23.8 Å². The number of amides is 2. The van der Waals surface area contributed by atoms with Gasteiger partial charge in [-0.3, -0.25) is 33.6 Å². The largest absolute Gasteiger partial charge is 0.507 e. The number of rotatable bonds is 13. The first kappa shape index (κ1) is 88.8. The van der Waals surface area contributed by atoms with Crippen LogP contribution < -0.4 is 15.4 Å². The summed E-state index contributed by atoms with van der Waals surface area (Å²) >= 11 is 0. The van der Waals surface area contributed by atoms with Gasteiger partial charge in [0, 0.05) is 113 Å². The van der Waals surface area contributed by atoms with E-state index in [1.165, 1.54) is 86.0 Å². The van der Waals surface area contributed by atoms with Crippen LogP contribution in [0.15, 0.2) is 47.5 Å². The first-order chi connectivity index (χ1) is 51.3. The minimum absolute atomic E-state index is 0.0173. The second kappa shape index (κ2) is 35.3. The Morgan fingerprint density at radius 3 is 2.01 bits per heavy atom. The molecular formula is C80H120N4O26. The molecule has 7 heterocycles. The lowest BCUT2D eigenvalue weighted by atomic mass is 9.74. The number of carbonyl (C=O) groups excluding carboxylic acids is 8. The van der Waals surface area contributed by atoms with Gasteiger partial charge in [0.25, 0.3) is 11.7 Å². The molecule has 8 aliphatic rings. The lowest BCUT2D eigenvalue weighted by molar-refractivity contribution is -0.319. The van der Waals surface area contributed by atoms with Crippen LogP contribution in [0.25, 0.3) is 0 Å². The van der Waals surface area contributed by atoms with Crippen LogP contribution >= 0.6 is 0 Å². The molecule has 0 radical (unpaired) electrons. The van der Waals surface area contributed by atoms with Crippen molar-refractivity contribution in [3.63, 3.8) is 0 Å². The Bertz CT molecular complexity index is 3710. The number of alkyl carbamates (subject to hydrolysis) is 1. The van der Waals surface area contributed by atoms with Crippen LogP contribution in [0.4, 0.5) is 4.79 Å². The first-order valence-corrected chi connectivity index (χ1v) is 38.3. The van der Waals surface area contributed by atoms with Crippen LogP contribution in [0.5, 0.6) is 11.5 Å². The van der Waals surface area contributed by atoms with Crippen molar-refractivity contribution in [3.05, 3.63) is 69.8 Å². The number of cyclic esters (lactones) is 1. The Kier molecular flexibility index (Phi) is 28.5. The van der Waals surface area contributed by atoms with Gasteiger partial charge in [-0.2, -0.15) is 0 Å². The highest BCUT2D eigenvalue weighted by molar-refractivity contribution is 6.32. The van der Waals surface area contributed by atoms with Gasteiger partial charge in [0.05, 0.1) is 89.3 Å². The molecule has 5 bridgehead atoms.